The number of benzene rings is 3. The molecule has 0 saturated heterocycles. The van der Waals surface area contributed by atoms with Gasteiger partial charge in [0.05, 0.1) is 62.3 Å². The summed E-state index contributed by atoms with van der Waals surface area (Å²) in [5.74, 6) is -8.13. The lowest BCUT2D eigenvalue weighted by Gasteiger charge is -2.37. The number of amides is 8. The minimum absolute atomic E-state index is 0.0272. The summed E-state index contributed by atoms with van der Waals surface area (Å²) >= 11 is 0. The van der Waals surface area contributed by atoms with E-state index in [1.54, 1.807) is 80.6 Å². The van der Waals surface area contributed by atoms with Crippen molar-refractivity contribution in [2.75, 3.05) is 39.5 Å². The molecule has 9 rings (SSSR count). The second-order valence-corrected chi connectivity index (χ2v) is 20.6. The van der Waals surface area contributed by atoms with Gasteiger partial charge in [-0.1, -0.05) is 67.6 Å². The molecule has 0 saturated carbocycles. The van der Waals surface area contributed by atoms with Crippen molar-refractivity contribution in [2.24, 2.45) is 0 Å². The van der Waals surface area contributed by atoms with Crippen LogP contribution in [0.2, 0.25) is 0 Å². The molecule has 0 spiro atoms. The number of aryl methyl sites for hydroxylation is 1. The molecule has 0 bridgehead atoms. The van der Waals surface area contributed by atoms with Crippen molar-refractivity contribution in [3.63, 3.8) is 0 Å². The first-order valence-corrected chi connectivity index (χ1v) is 27.1. The van der Waals surface area contributed by atoms with E-state index >= 15 is 4.39 Å². The van der Waals surface area contributed by atoms with Gasteiger partial charge < -0.3 is 66.6 Å². The minimum atomic E-state index is -1.89. The van der Waals surface area contributed by atoms with E-state index in [0.717, 1.165) is 17.7 Å². The number of aromatic nitrogens is 2. The number of hydrogen-bond donors (Lipinski definition) is 10. The molecule has 440 valence electrons. The Bertz CT molecular complexity index is 3540. The van der Waals surface area contributed by atoms with Crippen molar-refractivity contribution in [3.05, 3.63) is 146 Å². The number of rotatable bonds is 24. The molecular weight excluding hydrogens is 1100 g/mol. The maximum Gasteiger partial charge on any atom is 0.317 e. The summed E-state index contributed by atoms with van der Waals surface area (Å²) in [5.41, 5.74) is 2.77. The molecule has 8 amide bonds. The molecule has 5 aromatic rings. The Morgan fingerprint density at radius 2 is 1.45 bits per heavy atom. The molecule has 0 fully saturated rings. The largest absolute Gasteiger partial charge is 0.480 e. The highest BCUT2D eigenvalue weighted by molar-refractivity contribution is 6.15. The molecule has 3 aliphatic heterocycles. The van der Waals surface area contributed by atoms with Gasteiger partial charge in [-0.05, 0) is 60.1 Å². The van der Waals surface area contributed by atoms with Crippen LogP contribution in [0.5, 0.6) is 0 Å². The number of pyridine rings is 2. The Morgan fingerprint density at radius 1 is 0.810 bits per heavy atom. The standard InChI is InChI=1S/C58H61FN10O15/c1-3-58(82)36-20-41-52-34(27-68(41)56(80)35(36)28-83-57(58)81)51-38(15-14-33-30(2)37(59)21-39(66-52)50(33)51)67-55(79)43(19-32-12-8-5-9-13-32)84-29-64-45(71)24-62-53(77)40(18-31-10-6-4-7-11-31)65-46(72)25-61-44(70)23-63-54(78)42(22-60-26-49(75)76)69-47(73)16-17-48(69)74/h4-13,16-17,20-21,38,40,42-43,57,60,81-82H,3,14-15,18-19,22-29H2,1-2H3,(H,61,70)(H,62,77)(H,63,78)(H,64,71)(H,65,72)(H,67,79)(H,75,76)/t38-,40-,42-,43-,57-,58-/m0/s1. The predicted octanol–water partition coefficient (Wildman–Crippen LogP) is -0.832. The fourth-order valence-corrected chi connectivity index (χ4v) is 10.9. The fraction of sp³-hybridized carbons (Fsp3) is 0.362. The van der Waals surface area contributed by atoms with Crippen LogP contribution in [0, 0.1) is 12.7 Å². The lowest BCUT2D eigenvalue weighted by molar-refractivity contribution is -0.236. The molecule has 0 unspecified atom stereocenters. The van der Waals surface area contributed by atoms with E-state index in [2.05, 4.69) is 37.2 Å². The molecule has 10 N–H and O–H groups in total. The minimum Gasteiger partial charge on any atom is -0.480 e. The number of halogens is 1. The summed E-state index contributed by atoms with van der Waals surface area (Å²) in [6.45, 7) is -0.403. The second-order valence-electron chi connectivity index (χ2n) is 20.6. The van der Waals surface area contributed by atoms with Crippen LogP contribution in [-0.4, -0.2) is 147 Å². The number of nitrogens with zero attached hydrogens (tertiary/aromatic N) is 3. The van der Waals surface area contributed by atoms with Crippen LogP contribution in [0.15, 0.2) is 89.7 Å². The number of carbonyl (C=O) groups is 9. The van der Waals surface area contributed by atoms with Gasteiger partial charge in [-0.25, -0.2) is 9.37 Å². The van der Waals surface area contributed by atoms with E-state index in [4.69, 9.17) is 19.6 Å². The van der Waals surface area contributed by atoms with E-state index in [1.165, 1.54) is 10.6 Å². The highest BCUT2D eigenvalue weighted by Gasteiger charge is 2.45. The van der Waals surface area contributed by atoms with Crippen LogP contribution in [0.3, 0.4) is 0 Å². The molecule has 25 nitrogen and oxygen atoms in total. The summed E-state index contributed by atoms with van der Waals surface area (Å²) in [5, 5.41) is 49.7. The number of fused-ring (bicyclic) bond motifs is 5. The maximum absolute atomic E-state index is 15.6. The normalized spacial score (nSPS) is 18.4. The number of nitrogens with one attached hydrogen (secondary N) is 7. The Hall–Kier alpha value is -9.08. The molecular formula is C58H61FN10O15. The van der Waals surface area contributed by atoms with Gasteiger partial charge in [-0.3, -0.25) is 52.8 Å². The third kappa shape index (κ3) is 12.8. The average Bonchev–Trinajstić information content (AvgIpc) is 2.65. The smallest absolute Gasteiger partial charge is 0.317 e. The van der Waals surface area contributed by atoms with Crippen molar-refractivity contribution >= 4 is 64.1 Å². The van der Waals surface area contributed by atoms with Crippen molar-refractivity contribution in [2.45, 2.75) is 95.2 Å². The van der Waals surface area contributed by atoms with Crippen molar-refractivity contribution < 1.29 is 72.3 Å². The molecule has 5 heterocycles. The Labute approximate surface area is 478 Å². The van der Waals surface area contributed by atoms with Gasteiger partial charge in [0, 0.05) is 59.7 Å². The highest BCUT2D eigenvalue weighted by Crippen LogP contribution is 2.46. The van der Waals surface area contributed by atoms with Crippen LogP contribution in [-0.2, 0) is 90.6 Å². The van der Waals surface area contributed by atoms with Crippen molar-refractivity contribution in [1.82, 2.24) is 51.7 Å². The molecule has 0 radical (unpaired) electrons. The number of ether oxygens (including phenoxy) is 2. The van der Waals surface area contributed by atoms with E-state index in [9.17, 15) is 58.2 Å². The number of carboxylic acids is 1. The monoisotopic (exact) mass is 1160 g/mol. The van der Waals surface area contributed by atoms with Gasteiger partial charge in [-0.15, -0.1) is 0 Å². The van der Waals surface area contributed by atoms with E-state index in [-0.39, 0.29) is 43.5 Å². The zero-order valence-corrected chi connectivity index (χ0v) is 45.6. The van der Waals surface area contributed by atoms with Gasteiger partial charge in [-0.2, -0.15) is 0 Å². The molecule has 4 aliphatic rings. The van der Waals surface area contributed by atoms with Crippen molar-refractivity contribution in [3.8, 4) is 11.4 Å². The number of carbonyl (C=O) groups excluding carboxylic acids is 8. The first-order valence-electron chi connectivity index (χ1n) is 27.1. The Balaban J connectivity index is 0.838. The summed E-state index contributed by atoms with van der Waals surface area (Å²) in [4.78, 5) is 136. The summed E-state index contributed by atoms with van der Waals surface area (Å²) in [6, 6.07) is 17.0. The fourth-order valence-electron chi connectivity index (χ4n) is 10.9. The number of aliphatic carboxylic acids is 1. The van der Waals surface area contributed by atoms with E-state index in [0.29, 0.717) is 67.8 Å². The first kappa shape index (κ1) is 59.5. The van der Waals surface area contributed by atoms with Crippen LogP contribution >= 0.6 is 0 Å². The lowest BCUT2D eigenvalue weighted by atomic mass is 9.81. The highest BCUT2D eigenvalue weighted by atomic mass is 19.1. The number of aliphatic hydroxyl groups is 2. The first-order chi connectivity index (χ1) is 40.3. The van der Waals surface area contributed by atoms with Gasteiger partial charge in [0.25, 0.3) is 17.4 Å². The van der Waals surface area contributed by atoms with Crippen LogP contribution in [0.4, 0.5) is 4.39 Å². The Kier molecular flexibility index (Phi) is 18.1. The predicted molar refractivity (Wildman–Crippen MR) is 294 cm³/mol. The van der Waals surface area contributed by atoms with Gasteiger partial charge in [0.2, 0.25) is 35.4 Å². The molecule has 84 heavy (non-hydrogen) atoms. The molecule has 1 aliphatic carbocycles. The zero-order chi connectivity index (χ0) is 60.0. The molecule has 2 aromatic heterocycles. The lowest BCUT2D eigenvalue weighted by Crippen LogP contribution is -2.56. The van der Waals surface area contributed by atoms with Crippen molar-refractivity contribution in [1.29, 1.82) is 0 Å². The second kappa shape index (κ2) is 25.6. The van der Waals surface area contributed by atoms with E-state index in [1.807, 2.05) is 0 Å². The number of carboxylic acid groups (broad SMARTS) is 1. The van der Waals surface area contributed by atoms with Crippen LogP contribution in [0.1, 0.15) is 70.3 Å². The Morgan fingerprint density at radius 3 is 2.12 bits per heavy atom. The quantitative estimate of drug-likeness (QED) is 0.0261. The zero-order valence-electron chi connectivity index (χ0n) is 45.6. The summed E-state index contributed by atoms with van der Waals surface area (Å²) in [6.07, 6.45) is -0.201. The van der Waals surface area contributed by atoms with E-state index < -0.39 is 140 Å². The molecule has 26 heteroatoms. The molecule has 3 aromatic carbocycles. The summed E-state index contributed by atoms with van der Waals surface area (Å²) < 4.78 is 28.7. The van der Waals surface area contributed by atoms with Gasteiger partial charge in [0.15, 0.2) is 6.29 Å². The number of aliphatic hydroxyl groups excluding tert-OH is 1. The van der Waals surface area contributed by atoms with Crippen LogP contribution in [0.25, 0.3) is 22.3 Å². The third-order valence-electron chi connectivity index (χ3n) is 15.3. The van der Waals surface area contributed by atoms with Crippen LogP contribution < -0.4 is 42.8 Å². The average molecular weight is 1160 g/mol. The SMILES string of the molecule is CC[C@]1(O)c2cc3n(c(=O)c2CO[C@@H]1O)Cc1c-3nc2cc(F)c(C)c3c2c1[C@@H](NC(=O)[C@H](Cc1ccccc1)OCNC(=O)CNC(=O)[C@H](Cc1ccccc1)NC(=O)CNC(=O)CNC(=O)[C@H](CNCC(=O)O)N1C(=O)C=CC1=O)CC3. The summed E-state index contributed by atoms with van der Waals surface area (Å²) in [7, 11) is 0. The van der Waals surface area contributed by atoms with Gasteiger partial charge >= 0.3 is 5.97 Å². The number of hydrogen-bond acceptors (Lipinski definition) is 16. The molecule has 6 atom stereocenters. The van der Waals surface area contributed by atoms with Gasteiger partial charge in [0.1, 0.15) is 36.3 Å². The number of imide groups is 1. The topological polar surface area (TPSA) is 355 Å². The maximum atomic E-state index is 15.6. The third-order valence-corrected chi connectivity index (χ3v) is 15.3.